The zero-order valence-corrected chi connectivity index (χ0v) is 10.2. The maximum Gasteiger partial charge on any atom is 0.161 e. The number of hydrazine groups is 1. The maximum atomic E-state index is 5.99. The minimum absolute atomic E-state index is 0.338. The fourth-order valence-corrected chi connectivity index (χ4v) is 2.23. The molecule has 1 fully saturated rings. The highest BCUT2D eigenvalue weighted by Crippen LogP contribution is 2.32. The Labute approximate surface area is 102 Å². The van der Waals surface area contributed by atoms with Gasteiger partial charge >= 0.3 is 0 Å². The lowest BCUT2D eigenvalue weighted by Gasteiger charge is -2.16. The van der Waals surface area contributed by atoms with Gasteiger partial charge in [-0.15, -0.1) is 0 Å². The van der Waals surface area contributed by atoms with E-state index in [1.54, 1.807) is 7.11 Å². The summed E-state index contributed by atoms with van der Waals surface area (Å²) in [5.74, 6) is 6.94. The summed E-state index contributed by atoms with van der Waals surface area (Å²) < 4.78 is 11.3. The molecule has 2 rings (SSSR count). The van der Waals surface area contributed by atoms with Crippen LogP contribution in [0.5, 0.6) is 11.5 Å². The van der Waals surface area contributed by atoms with Crippen LogP contribution in [0.4, 0.5) is 0 Å². The second-order valence-corrected chi connectivity index (χ2v) is 4.39. The number of rotatable bonds is 5. The van der Waals surface area contributed by atoms with Crippen molar-refractivity contribution in [3.8, 4) is 11.5 Å². The summed E-state index contributed by atoms with van der Waals surface area (Å²) in [4.78, 5) is 0. The predicted molar refractivity (Wildman–Crippen MR) is 66.9 cm³/mol. The molecule has 1 aromatic rings. The lowest BCUT2D eigenvalue weighted by molar-refractivity contribution is 0.200. The summed E-state index contributed by atoms with van der Waals surface area (Å²) in [6.07, 6.45) is 5.14. The molecule has 1 saturated carbocycles. The Morgan fingerprint density at radius 3 is 2.71 bits per heavy atom. The number of nitrogens with two attached hydrogens (primary N) is 1. The lowest BCUT2D eigenvalue weighted by atomic mass is 10.2. The number of methoxy groups -OCH3 is 1. The zero-order valence-electron chi connectivity index (χ0n) is 10.2. The number of nitrogens with one attached hydrogen (secondary N) is 1. The van der Waals surface area contributed by atoms with E-state index in [-0.39, 0.29) is 0 Å². The number of ether oxygens (including phenoxy) is 2. The fraction of sp³-hybridized carbons (Fsp3) is 0.538. The quantitative estimate of drug-likeness (QED) is 0.606. The van der Waals surface area contributed by atoms with E-state index in [1.807, 2.05) is 18.2 Å². The molecule has 0 aliphatic heterocycles. The highest BCUT2D eigenvalue weighted by atomic mass is 16.5. The molecule has 0 saturated heterocycles. The monoisotopic (exact) mass is 236 g/mol. The summed E-state index contributed by atoms with van der Waals surface area (Å²) in [6.45, 7) is 0.630. The standard InChI is InChI=1S/C13H20N2O2/c1-16-12-7-6-10(9-15-14)8-13(12)17-11-4-2-3-5-11/h6-8,11,15H,2-5,9,14H2,1H3. The van der Waals surface area contributed by atoms with Crippen LogP contribution in [-0.4, -0.2) is 13.2 Å². The Bertz CT molecular complexity index is 362. The fourth-order valence-electron chi connectivity index (χ4n) is 2.23. The van der Waals surface area contributed by atoms with E-state index in [1.165, 1.54) is 12.8 Å². The molecule has 4 heteroatoms. The van der Waals surface area contributed by atoms with Gasteiger partial charge < -0.3 is 9.47 Å². The van der Waals surface area contributed by atoms with Crippen molar-refractivity contribution in [3.63, 3.8) is 0 Å². The van der Waals surface area contributed by atoms with E-state index >= 15 is 0 Å². The van der Waals surface area contributed by atoms with Crippen molar-refractivity contribution in [1.29, 1.82) is 0 Å². The molecule has 0 heterocycles. The first-order valence-corrected chi connectivity index (χ1v) is 6.10. The van der Waals surface area contributed by atoms with Gasteiger partial charge in [0.2, 0.25) is 0 Å². The molecule has 0 unspecified atom stereocenters. The molecular weight excluding hydrogens is 216 g/mol. The number of hydrogen-bond donors (Lipinski definition) is 2. The van der Waals surface area contributed by atoms with Crippen molar-refractivity contribution in [3.05, 3.63) is 23.8 Å². The smallest absolute Gasteiger partial charge is 0.161 e. The van der Waals surface area contributed by atoms with E-state index in [9.17, 15) is 0 Å². The van der Waals surface area contributed by atoms with E-state index in [2.05, 4.69) is 5.43 Å². The summed E-state index contributed by atoms with van der Waals surface area (Å²) in [5.41, 5.74) is 3.74. The molecule has 0 atom stereocenters. The first-order valence-electron chi connectivity index (χ1n) is 6.10. The number of benzene rings is 1. The first kappa shape index (κ1) is 12.2. The van der Waals surface area contributed by atoms with Crippen molar-refractivity contribution in [2.75, 3.05) is 7.11 Å². The van der Waals surface area contributed by atoms with Gasteiger partial charge in [-0.1, -0.05) is 6.07 Å². The first-order chi connectivity index (χ1) is 8.33. The molecule has 3 N–H and O–H groups in total. The molecule has 0 radical (unpaired) electrons. The molecule has 17 heavy (non-hydrogen) atoms. The van der Waals surface area contributed by atoms with Crippen molar-refractivity contribution in [1.82, 2.24) is 5.43 Å². The van der Waals surface area contributed by atoms with E-state index < -0.39 is 0 Å². The van der Waals surface area contributed by atoms with Gasteiger partial charge in [0.25, 0.3) is 0 Å². The van der Waals surface area contributed by atoms with Gasteiger partial charge in [0.05, 0.1) is 13.2 Å². The van der Waals surface area contributed by atoms with Crippen molar-refractivity contribution < 1.29 is 9.47 Å². The third kappa shape index (κ3) is 3.11. The molecule has 1 aliphatic carbocycles. The molecule has 0 aromatic heterocycles. The van der Waals surface area contributed by atoms with Crippen LogP contribution < -0.4 is 20.7 Å². The Kier molecular flexibility index (Phi) is 4.23. The van der Waals surface area contributed by atoms with Crippen LogP contribution >= 0.6 is 0 Å². The Hall–Kier alpha value is -1.26. The minimum atomic E-state index is 0.338. The molecule has 0 amide bonds. The van der Waals surface area contributed by atoms with Gasteiger partial charge in [0, 0.05) is 6.54 Å². The second kappa shape index (κ2) is 5.89. The van der Waals surface area contributed by atoms with E-state index in [0.29, 0.717) is 12.6 Å². The van der Waals surface area contributed by atoms with Crippen molar-refractivity contribution >= 4 is 0 Å². The average Bonchev–Trinajstić information content (AvgIpc) is 2.83. The summed E-state index contributed by atoms with van der Waals surface area (Å²) >= 11 is 0. The van der Waals surface area contributed by atoms with Gasteiger partial charge in [0.15, 0.2) is 11.5 Å². The Morgan fingerprint density at radius 2 is 2.06 bits per heavy atom. The van der Waals surface area contributed by atoms with Crippen LogP contribution in [0, 0.1) is 0 Å². The second-order valence-electron chi connectivity index (χ2n) is 4.39. The van der Waals surface area contributed by atoms with Gasteiger partial charge in [-0.2, -0.15) is 0 Å². The molecule has 1 aromatic carbocycles. The van der Waals surface area contributed by atoms with Crippen LogP contribution in [0.3, 0.4) is 0 Å². The predicted octanol–water partition coefficient (Wildman–Crippen LogP) is 1.98. The van der Waals surface area contributed by atoms with Crippen LogP contribution in [0.25, 0.3) is 0 Å². The molecule has 1 aliphatic rings. The van der Waals surface area contributed by atoms with Crippen molar-refractivity contribution in [2.45, 2.75) is 38.3 Å². The molecule has 94 valence electrons. The van der Waals surface area contributed by atoms with Crippen LogP contribution in [0.1, 0.15) is 31.2 Å². The SMILES string of the molecule is COc1ccc(CNN)cc1OC1CCCC1. The molecule has 0 bridgehead atoms. The average molecular weight is 236 g/mol. The van der Waals surface area contributed by atoms with E-state index in [0.717, 1.165) is 29.9 Å². The van der Waals surface area contributed by atoms with Crippen LogP contribution in [0.2, 0.25) is 0 Å². The lowest BCUT2D eigenvalue weighted by Crippen LogP contribution is -2.21. The van der Waals surface area contributed by atoms with Gasteiger partial charge in [-0.25, -0.2) is 0 Å². The molecular formula is C13H20N2O2. The van der Waals surface area contributed by atoms with Crippen LogP contribution in [-0.2, 0) is 6.54 Å². The number of hydrogen-bond acceptors (Lipinski definition) is 4. The normalized spacial score (nSPS) is 16.1. The zero-order chi connectivity index (χ0) is 12.1. The van der Waals surface area contributed by atoms with Gasteiger partial charge in [0.1, 0.15) is 0 Å². The summed E-state index contributed by atoms with van der Waals surface area (Å²) in [7, 11) is 1.66. The highest BCUT2D eigenvalue weighted by molar-refractivity contribution is 5.43. The van der Waals surface area contributed by atoms with Gasteiger partial charge in [-0.3, -0.25) is 11.3 Å². The van der Waals surface area contributed by atoms with Gasteiger partial charge in [-0.05, 0) is 43.4 Å². The Morgan fingerprint density at radius 1 is 1.29 bits per heavy atom. The van der Waals surface area contributed by atoms with E-state index in [4.69, 9.17) is 15.3 Å². The topological polar surface area (TPSA) is 56.5 Å². The largest absolute Gasteiger partial charge is 0.493 e. The summed E-state index contributed by atoms with van der Waals surface area (Å²) in [5, 5.41) is 0. The Balaban J connectivity index is 2.12. The summed E-state index contributed by atoms with van der Waals surface area (Å²) in [6, 6.07) is 5.91. The highest BCUT2D eigenvalue weighted by Gasteiger charge is 2.18. The van der Waals surface area contributed by atoms with Crippen LogP contribution in [0.15, 0.2) is 18.2 Å². The molecule has 0 spiro atoms. The van der Waals surface area contributed by atoms with Crippen molar-refractivity contribution in [2.24, 2.45) is 5.84 Å². The molecule has 4 nitrogen and oxygen atoms in total. The minimum Gasteiger partial charge on any atom is -0.493 e. The maximum absolute atomic E-state index is 5.99. The third-order valence-corrected chi connectivity index (χ3v) is 3.13. The third-order valence-electron chi connectivity index (χ3n) is 3.13.